The Labute approximate surface area is 206 Å². The van der Waals surface area contributed by atoms with E-state index in [1.54, 1.807) is 41.5 Å². The quantitative estimate of drug-likeness (QED) is 0.460. The van der Waals surface area contributed by atoms with Crippen LogP contribution in [0.1, 0.15) is 53.5 Å². The predicted octanol–water partition coefficient (Wildman–Crippen LogP) is 3.56. The van der Waals surface area contributed by atoms with Gasteiger partial charge in [0.2, 0.25) is 5.91 Å². The van der Waals surface area contributed by atoms with Gasteiger partial charge in [-0.05, 0) is 53.5 Å². The highest BCUT2D eigenvalue weighted by atomic mass is 16.6. The topological polar surface area (TPSA) is 114 Å². The molecule has 0 fully saturated rings. The zero-order chi connectivity index (χ0) is 26.2. The molecule has 1 aliphatic heterocycles. The Bertz CT molecular complexity index is 933. The molecule has 0 saturated heterocycles. The molecule has 10 heteroatoms. The molecule has 1 aromatic carbocycles. The third-order valence-electron chi connectivity index (χ3n) is 4.53. The average Bonchev–Trinajstić information content (AvgIpc) is 2.72. The van der Waals surface area contributed by atoms with Crippen molar-refractivity contribution in [2.75, 3.05) is 13.1 Å². The van der Waals surface area contributed by atoms with Crippen LogP contribution < -0.4 is 5.32 Å². The summed E-state index contributed by atoms with van der Waals surface area (Å²) in [6.07, 6.45) is 1.44. The monoisotopic (exact) mass is 489 g/mol. The number of alkyl carbamates (subject to hydrolysis) is 1. The van der Waals surface area contributed by atoms with Crippen LogP contribution in [-0.2, 0) is 30.4 Å². The third kappa shape index (κ3) is 9.68. The zero-order valence-electron chi connectivity index (χ0n) is 21.2. The van der Waals surface area contributed by atoms with E-state index in [4.69, 9.17) is 14.2 Å². The molecule has 192 valence electrons. The second-order valence-corrected chi connectivity index (χ2v) is 10.0. The summed E-state index contributed by atoms with van der Waals surface area (Å²) >= 11 is 0. The number of nitrogens with one attached hydrogen (secondary N) is 1. The summed E-state index contributed by atoms with van der Waals surface area (Å²) in [6, 6.07) is 8.13. The van der Waals surface area contributed by atoms with Crippen LogP contribution in [0.3, 0.4) is 0 Å². The fraction of sp³-hybridized carbons (Fsp3) is 0.520. The molecule has 0 saturated carbocycles. The summed E-state index contributed by atoms with van der Waals surface area (Å²) in [4.78, 5) is 52.6. The number of hydrogen-bond donors (Lipinski definition) is 1. The Balaban J connectivity index is 2.10. The molecular weight excluding hydrogens is 454 g/mol. The van der Waals surface area contributed by atoms with Gasteiger partial charge in [0.15, 0.2) is 0 Å². The van der Waals surface area contributed by atoms with Crippen LogP contribution >= 0.6 is 0 Å². The second kappa shape index (κ2) is 11.7. The highest BCUT2D eigenvalue weighted by molar-refractivity contribution is 5.90. The van der Waals surface area contributed by atoms with Crippen molar-refractivity contribution in [2.45, 2.75) is 71.8 Å². The number of ether oxygens (including phenoxy) is 3. The van der Waals surface area contributed by atoms with Gasteiger partial charge in [0, 0.05) is 18.9 Å². The van der Waals surface area contributed by atoms with Gasteiger partial charge in [0.1, 0.15) is 30.4 Å². The van der Waals surface area contributed by atoms with Crippen molar-refractivity contribution < 1.29 is 33.4 Å². The number of benzene rings is 1. The minimum Gasteiger partial charge on any atom is -0.459 e. The molecule has 1 N–H and O–H groups in total. The maximum Gasteiger partial charge on any atom is 0.414 e. The van der Waals surface area contributed by atoms with Gasteiger partial charge >= 0.3 is 18.2 Å². The average molecular weight is 490 g/mol. The van der Waals surface area contributed by atoms with Gasteiger partial charge in [-0.2, -0.15) is 0 Å². The van der Waals surface area contributed by atoms with E-state index in [1.165, 1.54) is 17.3 Å². The molecule has 0 spiro atoms. The Kier molecular flexibility index (Phi) is 9.27. The molecule has 1 aromatic rings. The van der Waals surface area contributed by atoms with Crippen molar-refractivity contribution in [2.24, 2.45) is 0 Å². The number of rotatable bonds is 7. The number of hydrogen-bond acceptors (Lipinski definition) is 7. The fourth-order valence-electron chi connectivity index (χ4n) is 3.15. The van der Waals surface area contributed by atoms with Crippen LogP contribution in [0.25, 0.3) is 0 Å². The van der Waals surface area contributed by atoms with Gasteiger partial charge in [-0.15, -0.1) is 0 Å². The van der Waals surface area contributed by atoms with E-state index in [0.29, 0.717) is 0 Å². The van der Waals surface area contributed by atoms with Crippen LogP contribution in [0, 0.1) is 0 Å². The SMILES string of the molecule is CC(C)(C)OC(=O)CN1C=CN(C(=O)OCc2ccccc2)[C@@H](CCNC(=O)OC(C)(C)C)C1=O. The Morgan fingerprint density at radius 3 is 2.17 bits per heavy atom. The zero-order valence-corrected chi connectivity index (χ0v) is 21.2. The normalized spacial score (nSPS) is 16.1. The van der Waals surface area contributed by atoms with E-state index in [2.05, 4.69) is 5.32 Å². The highest BCUT2D eigenvalue weighted by Crippen LogP contribution is 2.19. The molecular formula is C25H35N3O7. The van der Waals surface area contributed by atoms with E-state index in [-0.39, 0.29) is 26.1 Å². The first kappa shape index (κ1) is 27.7. The molecule has 0 aromatic heterocycles. The predicted molar refractivity (Wildman–Crippen MR) is 128 cm³/mol. The molecule has 0 radical (unpaired) electrons. The minimum atomic E-state index is -0.999. The molecule has 35 heavy (non-hydrogen) atoms. The van der Waals surface area contributed by atoms with E-state index < -0.39 is 41.3 Å². The molecule has 1 heterocycles. The van der Waals surface area contributed by atoms with Crippen LogP contribution in [-0.4, -0.2) is 64.2 Å². The van der Waals surface area contributed by atoms with Crippen molar-refractivity contribution in [3.8, 4) is 0 Å². The number of amides is 3. The van der Waals surface area contributed by atoms with Crippen molar-refractivity contribution >= 4 is 24.1 Å². The lowest BCUT2D eigenvalue weighted by Crippen LogP contribution is -2.53. The van der Waals surface area contributed by atoms with E-state index >= 15 is 0 Å². The van der Waals surface area contributed by atoms with Crippen LogP contribution in [0.5, 0.6) is 0 Å². The summed E-state index contributed by atoms with van der Waals surface area (Å²) in [6.45, 7) is 10.2. The van der Waals surface area contributed by atoms with E-state index in [9.17, 15) is 19.2 Å². The maximum absolute atomic E-state index is 13.2. The summed E-state index contributed by atoms with van der Waals surface area (Å²) in [5.41, 5.74) is -0.586. The summed E-state index contributed by atoms with van der Waals surface area (Å²) in [7, 11) is 0. The molecule has 0 bridgehead atoms. The van der Waals surface area contributed by atoms with Crippen LogP contribution in [0.4, 0.5) is 9.59 Å². The number of nitrogens with zero attached hydrogens (tertiary/aromatic N) is 2. The first-order chi connectivity index (χ1) is 16.2. The maximum atomic E-state index is 13.2. The number of carbonyl (C=O) groups excluding carboxylic acids is 4. The van der Waals surface area contributed by atoms with Gasteiger partial charge in [-0.25, -0.2) is 9.59 Å². The highest BCUT2D eigenvalue weighted by Gasteiger charge is 2.36. The van der Waals surface area contributed by atoms with Crippen molar-refractivity contribution in [3.63, 3.8) is 0 Å². The van der Waals surface area contributed by atoms with Crippen LogP contribution in [0.15, 0.2) is 42.7 Å². The molecule has 1 aliphatic rings. The Hall–Kier alpha value is -3.56. The van der Waals surface area contributed by atoms with Crippen LogP contribution in [0.2, 0.25) is 0 Å². The van der Waals surface area contributed by atoms with Gasteiger partial charge in [0.25, 0.3) is 0 Å². The lowest BCUT2D eigenvalue weighted by Gasteiger charge is -2.35. The summed E-state index contributed by atoms with van der Waals surface area (Å²) in [5, 5.41) is 2.58. The molecule has 3 amide bonds. The minimum absolute atomic E-state index is 0.0305. The largest absolute Gasteiger partial charge is 0.459 e. The first-order valence-electron chi connectivity index (χ1n) is 11.4. The molecule has 1 atom stereocenters. The lowest BCUT2D eigenvalue weighted by molar-refractivity contribution is -0.158. The lowest BCUT2D eigenvalue weighted by atomic mass is 10.1. The van der Waals surface area contributed by atoms with Gasteiger partial charge in [0.05, 0.1) is 0 Å². The third-order valence-corrected chi connectivity index (χ3v) is 4.53. The summed E-state index contributed by atoms with van der Waals surface area (Å²) < 4.78 is 15.9. The first-order valence-corrected chi connectivity index (χ1v) is 11.4. The van der Waals surface area contributed by atoms with Crippen molar-refractivity contribution in [1.29, 1.82) is 0 Å². The van der Waals surface area contributed by atoms with E-state index in [1.807, 2.05) is 30.3 Å². The Morgan fingerprint density at radius 1 is 0.943 bits per heavy atom. The fourth-order valence-corrected chi connectivity index (χ4v) is 3.15. The smallest absolute Gasteiger partial charge is 0.414 e. The van der Waals surface area contributed by atoms with Gasteiger partial charge < -0.3 is 24.4 Å². The number of carbonyl (C=O) groups is 4. The molecule has 0 aliphatic carbocycles. The van der Waals surface area contributed by atoms with Crippen molar-refractivity contribution in [1.82, 2.24) is 15.1 Å². The second-order valence-electron chi connectivity index (χ2n) is 10.0. The van der Waals surface area contributed by atoms with Crippen molar-refractivity contribution in [3.05, 3.63) is 48.3 Å². The molecule has 10 nitrogen and oxygen atoms in total. The van der Waals surface area contributed by atoms with Gasteiger partial charge in [-0.3, -0.25) is 14.5 Å². The van der Waals surface area contributed by atoms with E-state index in [0.717, 1.165) is 10.5 Å². The standard InChI is InChI=1S/C25H35N3O7/c1-24(2,3)34-20(29)16-27-14-15-28(23(32)33-17-18-10-8-7-9-11-18)19(21(27)30)12-13-26-22(31)35-25(4,5)6/h7-11,14-15,19H,12-13,16-17H2,1-6H3,(H,26,31)/t19-/m0/s1. The Morgan fingerprint density at radius 2 is 1.57 bits per heavy atom. The number of esters is 1. The molecule has 0 unspecified atom stereocenters. The summed E-state index contributed by atoms with van der Waals surface area (Å²) in [5.74, 6) is -1.08. The molecule has 2 rings (SSSR count). The van der Waals surface area contributed by atoms with Gasteiger partial charge in [-0.1, -0.05) is 30.3 Å².